The highest BCUT2D eigenvalue weighted by atomic mass is 16.2. The number of amides is 1. The van der Waals surface area contributed by atoms with Crippen molar-refractivity contribution in [3.05, 3.63) is 40.7 Å². The van der Waals surface area contributed by atoms with Gasteiger partial charge in [0.15, 0.2) is 0 Å². The molecule has 6 heteroatoms. The summed E-state index contributed by atoms with van der Waals surface area (Å²) in [5.41, 5.74) is 0.565. The SMILES string of the molecule is CC[C@H]1CCCCN1CCNC(=O)Cn1ncc(=O)c2ccccc21. The zero-order valence-corrected chi connectivity index (χ0v) is 14.8. The number of piperidine rings is 1. The Hall–Kier alpha value is -2.21. The van der Waals surface area contributed by atoms with Crippen LogP contribution in [0, 0.1) is 0 Å². The van der Waals surface area contributed by atoms with E-state index in [2.05, 4.69) is 22.2 Å². The van der Waals surface area contributed by atoms with Crippen LogP contribution in [-0.4, -0.2) is 46.3 Å². The lowest BCUT2D eigenvalue weighted by Gasteiger charge is -2.35. The van der Waals surface area contributed by atoms with Crippen LogP contribution in [0.25, 0.3) is 10.9 Å². The van der Waals surface area contributed by atoms with Crippen LogP contribution in [0.3, 0.4) is 0 Å². The van der Waals surface area contributed by atoms with Gasteiger partial charge in [0.2, 0.25) is 11.3 Å². The van der Waals surface area contributed by atoms with Crippen LogP contribution in [0.1, 0.15) is 32.6 Å². The van der Waals surface area contributed by atoms with Gasteiger partial charge in [-0.3, -0.25) is 19.2 Å². The summed E-state index contributed by atoms with van der Waals surface area (Å²) in [5, 5.41) is 7.67. The Morgan fingerprint density at radius 2 is 2.16 bits per heavy atom. The summed E-state index contributed by atoms with van der Waals surface area (Å²) in [5.74, 6) is -0.0774. The predicted octanol–water partition coefficient (Wildman–Crippen LogP) is 1.78. The van der Waals surface area contributed by atoms with E-state index in [1.807, 2.05) is 18.2 Å². The zero-order chi connectivity index (χ0) is 17.6. The van der Waals surface area contributed by atoms with Crippen LogP contribution >= 0.6 is 0 Å². The lowest BCUT2D eigenvalue weighted by molar-refractivity contribution is -0.121. The van der Waals surface area contributed by atoms with Gasteiger partial charge in [-0.25, -0.2) is 0 Å². The summed E-state index contributed by atoms with van der Waals surface area (Å²) in [6, 6.07) is 7.89. The van der Waals surface area contributed by atoms with Gasteiger partial charge in [0.1, 0.15) is 6.54 Å². The van der Waals surface area contributed by atoms with E-state index in [-0.39, 0.29) is 17.9 Å². The fraction of sp³-hybridized carbons (Fsp3) is 0.526. The minimum Gasteiger partial charge on any atom is -0.353 e. The van der Waals surface area contributed by atoms with Gasteiger partial charge in [-0.15, -0.1) is 0 Å². The van der Waals surface area contributed by atoms with Gasteiger partial charge in [-0.05, 0) is 37.9 Å². The molecule has 1 amide bonds. The molecule has 0 unspecified atom stereocenters. The number of carbonyl (C=O) groups excluding carboxylic acids is 1. The molecule has 0 radical (unpaired) electrons. The van der Waals surface area contributed by atoms with Crippen LogP contribution in [0.5, 0.6) is 0 Å². The first-order valence-corrected chi connectivity index (χ1v) is 9.14. The summed E-state index contributed by atoms with van der Waals surface area (Å²) < 4.78 is 1.59. The normalized spacial score (nSPS) is 18.4. The molecule has 25 heavy (non-hydrogen) atoms. The molecule has 3 rings (SSSR count). The molecule has 1 saturated heterocycles. The number of likely N-dealkylation sites (tertiary alicyclic amines) is 1. The van der Waals surface area contributed by atoms with Crippen LogP contribution in [0.2, 0.25) is 0 Å². The van der Waals surface area contributed by atoms with E-state index in [4.69, 9.17) is 0 Å². The monoisotopic (exact) mass is 342 g/mol. The molecule has 1 atom stereocenters. The predicted molar refractivity (Wildman–Crippen MR) is 98.5 cm³/mol. The Kier molecular flexibility index (Phi) is 5.81. The number of fused-ring (bicyclic) bond motifs is 1. The minimum absolute atomic E-state index is 0.0774. The first kappa shape index (κ1) is 17.6. The topological polar surface area (TPSA) is 67.2 Å². The Bertz CT molecular complexity index is 786. The van der Waals surface area contributed by atoms with Crippen molar-refractivity contribution in [3.63, 3.8) is 0 Å². The zero-order valence-electron chi connectivity index (χ0n) is 14.8. The van der Waals surface area contributed by atoms with E-state index >= 15 is 0 Å². The number of para-hydroxylation sites is 1. The second kappa shape index (κ2) is 8.25. The molecule has 1 aromatic heterocycles. The number of nitrogens with one attached hydrogen (secondary N) is 1. The van der Waals surface area contributed by atoms with Crippen molar-refractivity contribution in [2.24, 2.45) is 0 Å². The van der Waals surface area contributed by atoms with E-state index in [9.17, 15) is 9.59 Å². The standard InChI is InChI=1S/C19H26N4O2/c1-2-15-7-5-6-11-22(15)12-10-20-19(25)14-23-17-9-4-3-8-16(17)18(24)13-21-23/h3-4,8-9,13,15H,2,5-7,10-12,14H2,1H3,(H,20,25)/t15-/m0/s1. The molecule has 1 aromatic carbocycles. The van der Waals surface area contributed by atoms with Crippen molar-refractivity contribution in [1.29, 1.82) is 0 Å². The number of rotatable bonds is 6. The molecule has 2 aromatic rings. The molecule has 1 aliphatic rings. The molecule has 1 N–H and O–H groups in total. The van der Waals surface area contributed by atoms with E-state index in [0.29, 0.717) is 23.5 Å². The smallest absolute Gasteiger partial charge is 0.241 e. The van der Waals surface area contributed by atoms with E-state index < -0.39 is 0 Å². The van der Waals surface area contributed by atoms with Crippen molar-refractivity contribution < 1.29 is 4.79 Å². The molecule has 0 saturated carbocycles. The molecule has 0 aliphatic carbocycles. The summed E-state index contributed by atoms with van der Waals surface area (Å²) in [4.78, 5) is 26.6. The number of hydrogen-bond donors (Lipinski definition) is 1. The lowest BCUT2D eigenvalue weighted by Crippen LogP contribution is -2.44. The third-order valence-corrected chi connectivity index (χ3v) is 5.00. The second-order valence-corrected chi connectivity index (χ2v) is 6.63. The summed E-state index contributed by atoms with van der Waals surface area (Å²) >= 11 is 0. The van der Waals surface area contributed by atoms with Gasteiger partial charge in [0.25, 0.3) is 0 Å². The van der Waals surface area contributed by atoms with Gasteiger partial charge in [0, 0.05) is 24.5 Å². The highest BCUT2D eigenvalue weighted by Crippen LogP contribution is 2.18. The second-order valence-electron chi connectivity index (χ2n) is 6.63. The van der Waals surface area contributed by atoms with Gasteiger partial charge in [-0.1, -0.05) is 25.5 Å². The quantitative estimate of drug-likeness (QED) is 0.869. The molecular weight excluding hydrogens is 316 g/mol. The average Bonchev–Trinajstić information content (AvgIpc) is 2.65. The molecule has 2 heterocycles. The van der Waals surface area contributed by atoms with Gasteiger partial charge >= 0.3 is 0 Å². The number of carbonyl (C=O) groups is 1. The Balaban J connectivity index is 1.56. The van der Waals surface area contributed by atoms with Crippen molar-refractivity contribution in [3.8, 4) is 0 Å². The first-order chi connectivity index (χ1) is 12.2. The van der Waals surface area contributed by atoms with E-state index in [0.717, 1.165) is 13.1 Å². The van der Waals surface area contributed by atoms with Crippen molar-refractivity contribution in [2.45, 2.75) is 45.2 Å². The van der Waals surface area contributed by atoms with E-state index in [1.54, 1.807) is 10.7 Å². The Labute approximate surface area is 147 Å². The fourth-order valence-electron chi connectivity index (χ4n) is 3.63. The van der Waals surface area contributed by atoms with Crippen molar-refractivity contribution in [1.82, 2.24) is 20.0 Å². The molecule has 134 valence electrons. The maximum Gasteiger partial charge on any atom is 0.241 e. The number of nitrogens with zero attached hydrogens (tertiary/aromatic N) is 3. The van der Waals surface area contributed by atoms with Crippen LogP contribution in [0.4, 0.5) is 0 Å². The highest BCUT2D eigenvalue weighted by Gasteiger charge is 2.20. The maximum absolute atomic E-state index is 12.3. The Morgan fingerprint density at radius 1 is 1.32 bits per heavy atom. The number of hydrogen-bond acceptors (Lipinski definition) is 4. The van der Waals surface area contributed by atoms with Crippen LogP contribution < -0.4 is 10.7 Å². The largest absolute Gasteiger partial charge is 0.353 e. The van der Waals surface area contributed by atoms with Crippen molar-refractivity contribution in [2.75, 3.05) is 19.6 Å². The number of aromatic nitrogens is 2. The molecule has 0 bridgehead atoms. The molecule has 1 aliphatic heterocycles. The van der Waals surface area contributed by atoms with Crippen LogP contribution in [0.15, 0.2) is 35.3 Å². The fourth-order valence-corrected chi connectivity index (χ4v) is 3.63. The van der Waals surface area contributed by atoms with Gasteiger partial charge in [-0.2, -0.15) is 5.10 Å². The van der Waals surface area contributed by atoms with Crippen molar-refractivity contribution >= 4 is 16.8 Å². The molecular formula is C19H26N4O2. The molecule has 0 spiro atoms. The summed E-state index contributed by atoms with van der Waals surface area (Å²) in [6.07, 6.45) is 6.26. The summed E-state index contributed by atoms with van der Waals surface area (Å²) in [6.45, 7) is 5.02. The number of benzene rings is 1. The van der Waals surface area contributed by atoms with E-state index in [1.165, 1.54) is 31.9 Å². The summed E-state index contributed by atoms with van der Waals surface area (Å²) in [7, 11) is 0. The molecule has 1 fully saturated rings. The van der Waals surface area contributed by atoms with Gasteiger partial charge in [0.05, 0.1) is 11.7 Å². The molecule has 6 nitrogen and oxygen atoms in total. The Morgan fingerprint density at radius 3 is 3.00 bits per heavy atom. The third kappa shape index (κ3) is 4.25. The minimum atomic E-state index is -0.122. The highest BCUT2D eigenvalue weighted by molar-refractivity contribution is 5.81. The van der Waals surface area contributed by atoms with Gasteiger partial charge < -0.3 is 5.32 Å². The average molecular weight is 342 g/mol. The van der Waals surface area contributed by atoms with Crippen LogP contribution in [-0.2, 0) is 11.3 Å². The maximum atomic E-state index is 12.3. The first-order valence-electron chi connectivity index (χ1n) is 9.14. The third-order valence-electron chi connectivity index (χ3n) is 5.00. The lowest BCUT2D eigenvalue weighted by atomic mass is 10.0.